The van der Waals surface area contributed by atoms with E-state index in [0.29, 0.717) is 47.3 Å². The second kappa shape index (κ2) is 14.3. The van der Waals surface area contributed by atoms with E-state index >= 15 is 0 Å². The molecule has 1 amide bonds. The topological polar surface area (TPSA) is 124 Å². The molecule has 47 heavy (non-hydrogen) atoms. The number of amides is 1. The summed E-state index contributed by atoms with van der Waals surface area (Å²) in [7, 11) is 1.48. The highest BCUT2D eigenvalue weighted by Gasteiger charge is 2.48. The molecule has 0 spiro atoms. The molecule has 242 valence electrons. The van der Waals surface area contributed by atoms with Gasteiger partial charge in [-0.25, -0.2) is 9.78 Å². The van der Waals surface area contributed by atoms with Gasteiger partial charge >= 0.3 is 11.9 Å². The molecular weight excluding hydrogens is 620 g/mol. The molecule has 5 rings (SSSR count). The van der Waals surface area contributed by atoms with Crippen molar-refractivity contribution in [1.82, 2.24) is 4.98 Å². The van der Waals surface area contributed by atoms with E-state index in [9.17, 15) is 19.5 Å². The van der Waals surface area contributed by atoms with Crippen LogP contribution in [0, 0.1) is 13.8 Å². The van der Waals surface area contributed by atoms with Crippen molar-refractivity contribution in [2.24, 2.45) is 0 Å². The molecule has 1 aliphatic heterocycles. The fourth-order valence-electron chi connectivity index (χ4n) is 5.15. The number of aryl methyl sites for hydroxylation is 2. The van der Waals surface area contributed by atoms with Crippen LogP contribution in [0.3, 0.4) is 0 Å². The van der Waals surface area contributed by atoms with Gasteiger partial charge in [-0.3, -0.25) is 14.5 Å². The lowest BCUT2D eigenvalue weighted by molar-refractivity contribution is -0.132. The van der Waals surface area contributed by atoms with Crippen molar-refractivity contribution in [2.45, 2.75) is 33.4 Å². The van der Waals surface area contributed by atoms with Gasteiger partial charge in [0.25, 0.3) is 5.78 Å². The number of benzene rings is 3. The van der Waals surface area contributed by atoms with Gasteiger partial charge in [0, 0.05) is 5.56 Å². The first-order valence-corrected chi connectivity index (χ1v) is 15.6. The van der Waals surface area contributed by atoms with Gasteiger partial charge < -0.3 is 24.1 Å². The van der Waals surface area contributed by atoms with Gasteiger partial charge in [0.1, 0.15) is 29.6 Å². The number of hydrogen-bond donors (Lipinski definition) is 1. The normalized spacial score (nSPS) is 15.4. The Morgan fingerprint density at radius 1 is 1.04 bits per heavy atom. The van der Waals surface area contributed by atoms with Gasteiger partial charge in [-0.1, -0.05) is 54.3 Å². The van der Waals surface area contributed by atoms with E-state index in [1.165, 1.54) is 18.1 Å². The van der Waals surface area contributed by atoms with Crippen LogP contribution in [0.1, 0.15) is 50.6 Å². The number of methoxy groups -OCH3 is 1. The smallest absolute Gasteiger partial charge is 0.350 e. The molecule has 1 aliphatic rings. The van der Waals surface area contributed by atoms with Crippen molar-refractivity contribution in [2.75, 3.05) is 25.2 Å². The molecule has 11 heteroatoms. The summed E-state index contributed by atoms with van der Waals surface area (Å²) in [6.07, 6.45) is 1.44. The fraction of sp³-hybridized carbons (Fsp3) is 0.222. The van der Waals surface area contributed by atoms with E-state index in [1.807, 2.05) is 38.1 Å². The van der Waals surface area contributed by atoms with Crippen LogP contribution in [-0.2, 0) is 20.9 Å². The molecule has 2 heterocycles. The van der Waals surface area contributed by atoms with Crippen LogP contribution < -0.4 is 19.1 Å². The number of carbonyl (C=O) groups excluding carboxylic acids is 3. The average Bonchev–Trinajstić information content (AvgIpc) is 3.59. The minimum Gasteiger partial charge on any atom is -0.507 e. The number of Topliss-reactive ketones (excluding diaryl/α,β-unsaturated/α-hetero) is 1. The molecule has 0 bridgehead atoms. The van der Waals surface area contributed by atoms with Crippen molar-refractivity contribution >= 4 is 39.9 Å². The van der Waals surface area contributed by atoms with E-state index < -0.39 is 23.7 Å². The maximum Gasteiger partial charge on any atom is 0.350 e. The van der Waals surface area contributed by atoms with Crippen molar-refractivity contribution in [3.05, 3.63) is 118 Å². The van der Waals surface area contributed by atoms with Gasteiger partial charge in [0.15, 0.2) is 16.6 Å². The minimum absolute atomic E-state index is 0.00226. The standard InChI is InChI=1S/C36H34N2O8S/c1-6-18-45-35(42)33-22(4)37-36(47-33)38-30(24-14-17-27(44-7-2)28(19-24)43-5)29(32(40)34(38)41)31(39)23-12-15-26(16-13-23)46-20-25-11-9-8-10-21(25)3/h6,8-17,19,30,39H,1,7,18,20H2,2-5H3. The molecule has 1 saturated heterocycles. The number of rotatable bonds is 12. The number of ether oxygens (including phenoxy) is 4. The van der Waals surface area contributed by atoms with E-state index in [4.69, 9.17) is 18.9 Å². The number of ketones is 1. The molecule has 0 saturated carbocycles. The van der Waals surface area contributed by atoms with E-state index in [2.05, 4.69) is 11.6 Å². The molecule has 3 aromatic carbocycles. The van der Waals surface area contributed by atoms with Crippen molar-refractivity contribution in [1.29, 1.82) is 0 Å². The molecule has 0 radical (unpaired) electrons. The SMILES string of the molecule is C=CCOC(=O)c1sc(N2C(=O)C(=O)C(=C(O)c3ccc(OCc4ccccc4C)cc3)C2c2ccc(OCC)c(OC)c2)nc1C. The Labute approximate surface area is 276 Å². The van der Waals surface area contributed by atoms with Crippen molar-refractivity contribution in [3.63, 3.8) is 0 Å². The maximum absolute atomic E-state index is 13.7. The van der Waals surface area contributed by atoms with Crippen LogP contribution >= 0.6 is 11.3 Å². The number of carbonyl (C=O) groups is 3. The van der Waals surface area contributed by atoms with Crippen molar-refractivity contribution < 1.29 is 38.4 Å². The number of aliphatic hydroxyl groups excluding tert-OH is 1. The number of anilines is 1. The Morgan fingerprint density at radius 2 is 1.79 bits per heavy atom. The number of esters is 1. The fourth-order valence-corrected chi connectivity index (χ4v) is 6.13. The number of aromatic nitrogens is 1. The van der Waals surface area contributed by atoms with E-state index in [0.717, 1.165) is 22.5 Å². The largest absolute Gasteiger partial charge is 0.507 e. The highest BCUT2D eigenvalue weighted by Crippen LogP contribution is 2.45. The minimum atomic E-state index is -1.11. The van der Waals surface area contributed by atoms with Gasteiger partial charge in [-0.15, -0.1) is 0 Å². The van der Waals surface area contributed by atoms with Crippen LogP contribution in [-0.4, -0.2) is 48.1 Å². The monoisotopic (exact) mass is 654 g/mol. The van der Waals surface area contributed by atoms with E-state index in [-0.39, 0.29) is 27.9 Å². The van der Waals surface area contributed by atoms with Gasteiger partial charge in [0.2, 0.25) is 0 Å². The van der Waals surface area contributed by atoms with Crippen LogP contribution in [0.4, 0.5) is 5.13 Å². The Bertz CT molecular complexity index is 1860. The quantitative estimate of drug-likeness (QED) is 0.0583. The lowest BCUT2D eigenvalue weighted by Gasteiger charge is -2.24. The predicted molar refractivity (Wildman–Crippen MR) is 178 cm³/mol. The van der Waals surface area contributed by atoms with Crippen LogP contribution in [0.2, 0.25) is 0 Å². The zero-order chi connectivity index (χ0) is 33.7. The number of nitrogens with zero attached hydrogens (tertiary/aromatic N) is 2. The summed E-state index contributed by atoms with van der Waals surface area (Å²) in [5.74, 6) is -1.44. The summed E-state index contributed by atoms with van der Waals surface area (Å²) in [6.45, 7) is 9.76. The number of aliphatic hydroxyl groups is 1. The van der Waals surface area contributed by atoms with Gasteiger partial charge in [-0.2, -0.15) is 0 Å². The van der Waals surface area contributed by atoms with Crippen LogP contribution in [0.25, 0.3) is 5.76 Å². The summed E-state index contributed by atoms with van der Waals surface area (Å²) in [5.41, 5.74) is 3.07. The van der Waals surface area contributed by atoms with Crippen LogP contribution in [0.15, 0.2) is 85.0 Å². The first-order chi connectivity index (χ1) is 22.7. The number of thiazole rings is 1. The summed E-state index contributed by atoms with van der Waals surface area (Å²) < 4.78 is 22.4. The van der Waals surface area contributed by atoms with E-state index in [1.54, 1.807) is 49.4 Å². The zero-order valence-corrected chi connectivity index (χ0v) is 27.3. The van der Waals surface area contributed by atoms with Crippen molar-refractivity contribution in [3.8, 4) is 17.2 Å². The molecule has 0 aliphatic carbocycles. The summed E-state index contributed by atoms with van der Waals surface area (Å²) in [5, 5.41) is 11.7. The highest BCUT2D eigenvalue weighted by molar-refractivity contribution is 7.17. The lowest BCUT2D eigenvalue weighted by Crippen LogP contribution is -2.29. The highest BCUT2D eigenvalue weighted by atomic mass is 32.1. The lowest BCUT2D eigenvalue weighted by atomic mass is 9.95. The summed E-state index contributed by atoms with van der Waals surface area (Å²) in [6, 6.07) is 18.4. The predicted octanol–water partition coefficient (Wildman–Crippen LogP) is 6.72. The molecule has 1 aromatic heterocycles. The Hall–Kier alpha value is -5.42. The second-order valence-corrected chi connectivity index (χ2v) is 11.5. The molecule has 1 N–H and O–H groups in total. The third-order valence-electron chi connectivity index (χ3n) is 7.54. The average molecular weight is 655 g/mol. The summed E-state index contributed by atoms with van der Waals surface area (Å²) in [4.78, 5) is 46.0. The molecule has 1 unspecified atom stereocenters. The maximum atomic E-state index is 13.7. The second-order valence-electron chi connectivity index (χ2n) is 10.6. The molecule has 1 atom stereocenters. The van der Waals surface area contributed by atoms with Gasteiger partial charge in [-0.05, 0) is 73.9 Å². The Balaban J connectivity index is 1.57. The molecule has 4 aromatic rings. The Morgan fingerprint density at radius 3 is 2.47 bits per heavy atom. The third kappa shape index (κ3) is 6.75. The molecule has 10 nitrogen and oxygen atoms in total. The van der Waals surface area contributed by atoms with Crippen LogP contribution in [0.5, 0.6) is 17.2 Å². The molecule has 1 fully saturated rings. The molecular formula is C36H34N2O8S. The first kappa shape index (κ1) is 33.0. The Kier molecular flexibility index (Phi) is 10.1. The third-order valence-corrected chi connectivity index (χ3v) is 8.68. The number of hydrogen-bond acceptors (Lipinski definition) is 10. The summed E-state index contributed by atoms with van der Waals surface area (Å²) >= 11 is 0.913. The first-order valence-electron chi connectivity index (χ1n) is 14.8. The zero-order valence-electron chi connectivity index (χ0n) is 26.4. The van der Waals surface area contributed by atoms with Gasteiger partial charge in [0.05, 0.1) is 31.0 Å².